The van der Waals surface area contributed by atoms with Crippen molar-refractivity contribution in [3.05, 3.63) is 90.0 Å². The van der Waals surface area contributed by atoms with E-state index >= 15 is 0 Å². The molecule has 0 saturated heterocycles. The van der Waals surface area contributed by atoms with E-state index in [4.69, 9.17) is 21.7 Å². The monoisotopic (exact) mass is 420 g/mol. The molecule has 0 heterocycles. The Morgan fingerprint density at radius 1 is 1.00 bits per heavy atom. The second-order valence-corrected chi connectivity index (χ2v) is 7.06. The molecule has 0 spiro atoms. The minimum atomic E-state index is -0.311. The van der Waals surface area contributed by atoms with Crippen molar-refractivity contribution in [2.24, 2.45) is 0 Å². The molecule has 154 valence electrons. The predicted octanol–water partition coefficient (Wildman–Crippen LogP) is 4.95. The first-order chi connectivity index (χ1) is 14.6. The molecular weight excluding hydrogens is 396 g/mol. The Hall–Kier alpha value is -3.38. The van der Waals surface area contributed by atoms with Gasteiger partial charge in [-0.2, -0.15) is 0 Å². The Kier molecular flexibility index (Phi) is 7.40. The van der Waals surface area contributed by atoms with Crippen molar-refractivity contribution in [2.45, 2.75) is 13.5 Å². The maximum atomic E-state index is 12.4. The quantitative estimate of drug-likeness (QED) is 0.548. The lowest BCUT2D eigenvalue weighted by Crippen LogP contribution is -2.33. The molecule has 0 aliphatic heterocycles. The number of amides is 1. The van der Waals surface area contributed by atoms with Gasteiger partial charge >= 0.3 is 0 Å². The van der Waals surface area contributed by atoms with Crippen LogP contribution in [0.1, 0.15) is 11.1 Å². The number of methoxy groups -OCH3 is 1. The van der Waals surface area contributed by atoms with E-state index in [1.807, 2.05) is 90.7 Å². The number of benzene rings is 3. The minimum Gasteiger partial charge on any atom is -0.495 e. The molecule has 0 unspecified atom stereocenters. The maximum absolute atomic E-state index is 12.4. The van der Waals surface area contributed by atoms with Crippen molar-refractivity contribution in [1.29, 1.82) is 0 Å². The topological polar surface area (TPSA) is 50.8 Å². The summed E-state index contributed by atoms with van der Waals surface area (Å²) in [7, 11) is 1.56. The van der Waals surface area contributed by atoms with Gasteiger partial charge in [0.15, 0.2) is 6.61 Å². The highest BCUT2D eigenvalue weighted by Gasteiger charge is 2.16. The third-order valence-corrected chi connectivity index (χ3v) is 4.77. The number of nitrogens with zero attached hydrogens (tertiary/aromatic N) is 1. The van der Waals surface area contributed by atoms with Gasteiger partial charge in [0, 0.05) is 5.69 Å². The number of carbonyl (C=O) groups is 1. The summed E-state index contributed by atoms with van der Waals surface area (Å²) in [6.45, 7) is 2.28. The van der Waals surface area contributed by atoms with E-state index in [1.165, 1.54) is 0 Å². The van der Waals surface area contributed by atoms with Gasteiger partial charge in [0.05, 0.1) is 19.3 Å². The zero-order chi connectivity index (χ0) is 21.3. The van der Waals surface area contributed by atoms with E-state index < -0.39 is 0 Å². The van der Waals surface area contributed by atoms with Gasteiger partial charge in [-0.05, 0) is 54.5 Å². The minimum absolute atomic E-state index is 0.200. The fourth-order valence-corrected chi connectivity index (χ4v) is 3.18. The van der Waals surface area contributed by atoms with Crippen LogP contribution in [-0.4, -0.2) is 24.8 Å². The SMILES string of the molecule is COc1ccc(C)cc1NC(=O)COC(=S)N(Cc1ccccc1)c1ccccc1. The summed E-state index contributed by atoms with van der Waals surface area (Å²) in [4.78, 5) is 14.3. The van der Waals surface area contributed by atoms with Crippen molar-refractivity contribution in [2.75, 3.05) is 23.9 Å². The van der Waals surface area contributed by atoms with Crippen molar-refractivity contribution >= 4 is 34.7 Å². The van der Waals surface area contributed by atoms with Crippen molar-refractivity contribution in [1.82, 2.24) is 0 Å². The number of thiocarbonyl (C=S) groups is 1. The number of ether oxygens (including phenoxy) is 2. The van der Waals surface area contributed by atoms with Crippen LogP contribution in [0.5, 0.6) is 5.75 Å². The van der Waals surface area contributed by atoms with E-state index in [1.54, 1.807) is 7.11 Å². The van der Waals surface area contributed by atoms with E-state index in [0.717, 1.165) is 16.8 Å². The van der Waals surface area contributed by atoms with Gasteiger partial charge in [0.2, 0.25) is 0 Å². The van der Waals surface area contributed by atoms with Crippen LogP contribution >= 0.6 is 12.2 Å². The zero-order valence-corrected chi connectivity index (χ0v) is 17.8. The number of carbonyl (C=O) groups excluding carboxylic acids is 1. The Labute approximate surface area is 182 Å². The van der Waals surface area contributed by atoms with Gasteiger partial charge in [0.1, 0.15) is 5.75 Å². The molecule has 0 atom stereocenters. The third kappa shape index (κ3) is 5.81. The van der Waals surface area contributed by atoms with Crippen LogP contribution in [0.3, 0.4) is 0 Å². The summed E-state index contributed by atoms with van der Waals surface area (Å²) < 4.78 is 11.0. The highest BCUT2D eigenvalue weighted by Crippen LogP contribution is 2.25. The normalized spacial score (nSPS) is 10.2. The lowest BCUT2D eigenvalue weighted by molar-refractivity contribution is -0.118. The van der Waals surface area contributed by atoms with Gasteiger partial charge < -0.3 is 14.8 Å². The fourth-order valence-electron chi connectivity index (χ4n) is 2.95. The van der Waals surface area contributed by atoms with Crippen LogP contribution in [0.25, 0.3) is 0 Å². The highest BCUT2D eigenvalue weighted by atomic mass is 32.1. The number of hydrogen-bond donors (Lipinski definition) is 1. The molecule has 0 saturated carbocycles. The van der Waals surface area contributed by atoms with E-state index in [9.17, 15) is 4.79 Å². The molecule has 1 N–H and O–H groups in total. The average molecular weight is 421 g/mol. The first-order valence-electron chi connectivity index (χ1n) is 9.54. The zero-order valence-electron chi connectivity index (χ0n) is 17.0. The summed E-state index contributed by atoms with van der Waals surface area (Å²) in [5, 5.41) is 3.05. The second kappa shape index (κ2) is 10.4. The van der Waals surface area contributed by atoms with Gasteiger partial charge in [-0.3, -0.25) is 9.69 Å². The summed E-state index contributed by atoms with van der Waals surface area (Å²) in [6.07, 6.45) is 0. The largest absolute Gasteiger partial charge is 0.495 e. The molecule has 3 aromatic rings. The number of aryl methyl sites for hydroxylation is 1. The molecule has 0 bridgehead atoms. The molecule has 0 aromatic heterocycles. The van der Waals surface area contributed by atoms with Crippen LogP contribution < -0.4 is 15.0 Å². The summed E-state index contributed by atoms with van der Waals surface area (Å²) in [5.41, 5.74) is 3.59. The van der Waals surface area contributed by atoms with Crippen molar-refractivity contribution in [3.63, 3.8) is 0 Å². The molecule has 0 fully saturated rings. The molecule has 1 amide bonds. The highest BCUT2D eigenvalue weighted by molar-refractivity contribution is 7.80. The summed E-state index contributed by atoms with van der Waals surface area (Å²) in [5.74, 6) is 0.278. The molecule has 0 aliphatic carbocycles. The fraction of sp³-hybridized carbons (Fsp3) is 0.167. The first-order valence-corrected chi connectivity index (χ1v) is 9.95. The third-order valence-electron chi connectivity index (χ3n) is 4.43. The lowest BCUT2D eigenvalue weighted by Gasteiger charge is -2.25. The number of hydrogen-bond acceptors (Lipinski definition) is 4. The molecule has 3 rings (SSSR count). The number of rotatable bonds is 7. The Morgan fingerprint density at radius 3 is 2.33 bits per heavy atom. The van der Waals surface area contributed by atoms with Crippen LogP contribution in [-0.2, 0) is 16.1 Å². The molecule has 30 heavy (non-hydrogen) atoms. The van der Waals surface area contributed by atoms with Crippen molar-refractivity contribution < 1.29 is 14.3 Å². The Balaban J connectivity index is 1.67. The number of anilines is 2. The van der Waals surface area contributed by atoms with Gasteiger partial charge in [0.25, 0.3) is 11.1 Å². The average Bonchev–Trinajstić information content (AvgIpc) is 2.77. The predicted molar refractivity (Wildman–Crippen MR) is 124 cm³/mol. The van der Waals surface area contributed by atoms with Crippen LogP contribution in [0.15, 0.2) is 78.9 Å². The van der Waals surface area contributed by atoms with E-state index in [-0.39, 0.29) is 17.7 Å². The van der Waals surface area contributed by atoms with Gasteiger partial charge in [-0.15, -0.1) is 0 Å². The summed E-state index contributed by atoms with van der Waals surface area (Å²) >= 11 is 5.51. The van der Waals surface area contributed by atoms with Gasteiger partial charge in [-0.25, -0.2) is 0 Å². The number of para-hydroxylation sites is 1. The van der Waals surface area contributed by atoms with Crippen LogP contribution in [0.4, 0.5) is 11.4 Å². The smallest absolute Gasteiger partial charge is 0.264 e. The standard InChI is InChI=1S/C24H24N2O3S/c1-18-13-14-22(28-2)21(15-18)25-23(27)17-29-24(30)26(20-11-7-4-8-12-20)16-19-9-5-3-6-10-19/h3-15H,16-17H2,1-2H3,(H,25,27). The second-order valence-electron chi connectivity index (χ2n) is 6.71. The Morgan fingerprint density at radius 2 is 1.67 bits per heavy atom. The lowest BCUT2D eigenvalue weighted by atomic mass is 10.2. The molecular formula is C24H24N2O3S. The first kappa shape index (κ1) is 21.3. The summed E-state index contributed by atoms with van der Waals surface area (Å²) in [6, 6.07) is 25.3. The molecule has 5 nitrogen and oxygen atoms in total. The molecule has 0 aliphatic rings. The van der Waals surface area contributed by atoms with E-state index in [2.05, 4.69) is 5.32 Å². The maximum Gasteiger partial charge on any atom is 0.264 e. The number of nitrogens with one attached hydrogen (secondary N) is 1. The Bertz CT molecular complexity index is 994. The van der Waals surface area contributed by atoms with Crippen LogP contribution in [0, 0.1) is 6.92 Å². The van der Waals surface area contributed by atoms with Crippen molar-refractivity contribution in [3.8, 4) is 5.75 Å². The van der Waals surface area contributed by atoms with Gasteiger partial charge in [-0.1, -0.05) is 54.6 Å². The van der Waals surface area contributed by atoms with Crippen LogP contribution in [0.2, 0.25) is 0 Å². The molecule has 6 heteroatoms. The molecule has 3 aromatic carbocycles. The molecule has 0 radical (unpaired) electrons. The van der Waals surface area contributed by atoms with E-state index in [0.29, 0.717) is 18.0 Å².